The molecule has 5 aliphatic rings. The van der Waals surface area contributed by atoms with Crippen molar-refractivity contribution in [2.24, 2.45) is 34.0 Å². The van der Waals surface area contributed by atoms with Crippen molar-refractivity contribution in [3.05, 3.63) is 12.2 Å². The van der Waals surface area contributed by atoms with Crippen LogP contribution in [0.3, 0.4) is 0 Å². The quantitative estimate of drug-likeness (QED) is 0.449. The maximum Gasteiger partial charge on any atom is 0.315 e. The summed E-state index contributed by atoms with van der Waals surface area (Å²) in [6.45, 7) is 8.17. The molecule has 3 saturated carbocycles. The number of carbonyl (C=O) groups excluding carboxylic acids is 1. The Hall–Kier alpha value is -0.990. The lowest BCUT2D eigenvalue weighted by Crippen LogP contribution is -2.73. The smallest absolute Gasteiger partial charge is 0.315 e. The van der Waals surface area contributed by atoms with Crippen LogP contribution < -0.4 is 0 Å². The first-order chi connectivity index (χ1) is 13.1. The molecule has 0 amide bonds. The fourth-order valence-corrected chi connectivity index (χ4v) is 7.85. The maximum atomic E-state index is 13.3. The topological polar surface area (TPSA) is 105 Å². The van der Waals surface area contributed by atoms with Gasteiger partial charge in [0, 0.05) is 18.9 Å². The van der Waals surface area contributed by atoms with Crippen molar-refractivity contribution in [2.75, 3.05) is 7.11 Å². The van der Waals surface area contributed by atoms with Crippen LogP contribution in [0.15, 0.2) is 12.2 Å². The average molecular weight is 394 g/mol. The monoisotopic (exact) mass is 394 g/mol. The van der Waals surface area contributed by atoms with E-state index in [1.54, 1.807) is 0 Å². The first-order valence-corrected chi connectivity index (χ1v) is 10.2. The van der Waals surface area contributed by atoms with Crippen molar-refractivity contribution in [2.45, 2.75) is 70.4 Å². The molecule has 5 fully saturated rings. The van der Waals surface area contributed by atoms with Crippen LogP contribution in [-0.2, 0) is 19.0 Å². The summed E-state index contributed by atoms with van der Waals surface area (Å²) in [5.74, 6) is -1.61. The Morgan fingerprint density at radius 1 is 1.21 bits per heavy atom. The van der Waals surface area contributed by atoms with Crippen LogP contribution in [0.25, 0.3) is 0 Å². The molecule has 28 heavy (non-hydrogen) atoms. The number of aliphatic hydroxyl groups is 3. The number of fused-ring (bicyclic) bond motifs is 1. The zero-order chi connectivity index (χ0) is 20.2. The molecule has 0 aromatic carbocycles. The minimum Gasteiger partial charge on any atom is -0.461 e. The van der Waals surface area contributed by atoms with Crippen molar-refractivity contribution < 1.29 is 34.3 Å². The number of hydrogen-bond acceptors (Lipinski definition) is 7. The van der Waals surface area contributed by atoms with Crippen molar-refractivity contribution in [1.29, 1.82) is 0 Å². The van der Waals surface area contributed by atoms with Crippen LogP contribution in [0.1, 0.15) is 39.5 Å². The van der Waals surface area contributed by atoms with Gasteiger partial charge in [-0.3, -0.25) is 4.79 Å². The lowest BCUT2D eigenvalue weighted by atomic mass is 9.43. The van der Waals surface area contributed by atoms with E-state index in [1.807, 2.05) is 0 Å². The van der Waals surface area contributed by atoms with Crippen LogP contribution in [0.4, 0.5) is 0 Å². The van der Waals surface area contributed by atoms with Gasteiger partial charge >= 0.3 is 5.97 Å². The van der Waals surface area contributed by atoms with Crippen LogP contribution >= 0.6 is 0 Å². The zero-order valence-corrected chi connectivity index (χ0v) is 16.6. The van der Waals surface area contributed by atoms with E-state index in [0.29, 0.717) is 24.8 Å². The van der Waals surface area contributed by atoms with Gasteiger partial charge in [-0.05, 0) is 42.6 Å². The molecule has 2 aliphatic heterocycles. The van der Waals surface area contributed by atoms with Crippen molar-refractivity contribution in [1.82, 2.24) is 0 Å². The summed E-state index contributed by atoms with van der Waals surface area (Å²) >= 11 is 0. The molecule has 7 heteroatoms. The summed E-state index contributed by atoms with van der Waals surface area (Å²) in [4.78, 5) is 13.3. The van der Waals surface area contributed by atoms with E-state index in [1.165, 1.54) is 7.11 Å². The summed E-state index contributed by atoms with van der Waals surface area (Å²) in [5.41, 5.74) is -1.93. The molecule has 2 heterocycles. The molecule has 2 spiro atoms. The Morgan fingerprint density at radius 2 is 1.93 bits per heavy atom. The Morgan fingerprint density at radius 3 is 2.61 bits per heavy atom. The highest BCUT2D eigenvalue weighted by atomic mass is 16.7. The van der Waals surface area contributed by atoms with Crippen molar-refractivity contribution >= 4 is 5.97 Å². The second-order valence-electron chi connectivity index (χ2n) is 10.2. The lowest BCUT2D eigenvalue weighted by Gasteiger charge is -2.64. The van der Waals surface area contributed by atoms with Gasteiger partial charge in [0.05, 0.1) is 17.6 Å². The van der Waals surface area contributed by atoms with Gasteiger partial charge in [0.15, 0.2) is 12.6 Å². The molecule has 2 bridgehead atoms. The minimum atomic E-state index is -1.27. The molecule has 0 aromatic rings. The fraction of sp³-hybridized carbons (Fsp3) is 0.857. The summed E-state index contributed by atoms with van der Waals surface area (Å²) in [6.07, 6.45) is -2.20. The molecule has 156 valence electrons. The molecule has 5 rings (SSSR count). The van der Waals surface area contributed by atoms with Gasteiger partial charge in [-0.2, -0.15) is 0 Å². The molecule has 0 aromatic heterocycles. The minimum absolute atomic E-state index is 0.120. The molecule has 3 aliphatic carbocycles. The molecule has 2 saturated heterocycles. The van der Waals surface area contributed by atoms with Crippen LogP contribution in [-0.4, -0.2) is 59.3 Å². The maximum absolute atomic E-state index is 13.3. The van der Waals surface area contributed by atoms with Crippen LogP contribution in [0.2, 0.25) is 0 Å². The molecule has 10 unspecified atom stereocenters. The zero-order valence-electron chi connectivity index (χ0n) is 16.6. The van der Waals surface area contributed by atoms with E-state index >= 15 is 0 Å². The predicted octanol–water partition coefficient (Wildman–Crippen LogP) is 0.960. The first kappa shape index (κ1) is 19.0. The summed E-state index contributed by atoms with van der Waals surface area (Å²) < 4.78 is 17.6. The lowest BCUT2D eigenvalue weighted by molar-refractivity contribution is -0.298. The molecular weight excluding hydrogens is 364 g/mol. The number of aliphatic hydroxyl groups excluding tert-OH is 3. The highest BCUT2D eigenvalue weighted by molar-refractivity contribution is 5.82. The number of hydrogen-bond donors (Lipinski definition) is 3. The first-order valence-electron chi connectivity index (χ1n) is 10.2. The largest absolute Gasteiger partial charge is 0.461 e. The van der Waals surface area contributed by atoms with E-state index < -0.39 is 59.5 Å². The van der Waals surface area contributed by atoms with Crippen LogP contribution in [0.5, 0.6) is 0 Å². The number of ether oxygens (including phenoxy) is 3. The SMILES string of the molecule is C=C1C2CC(O)C3C(C2)(C(=O)OC2CCC(C)(C)C4C(O)OC(OC)C243)C1O. The van der Waals surface area contributed by atoms with Gasteiger partial charge in [0.1, 0.15) is 11.5 Å². The third-order valence-corrected chi connectivity index (χ3v) is 8.74. The number of esters is 1. The summed E-state index contributed by atoms with van der Waals surface area (Å²) in [5, 5.41) is 33.4. The molecular formula is C21H30O7. The highest BCUT2D eigenvalue weighted by Crippen LogP contribution is 2.73. The number of rotatable bonds is 1. The third-order valence-electron chi connectivity index (χ3n) is 8.74. The van der Waals surface area contributed by atoms with Gasteiger partial charge in [-0.1, -0.05) is 20.4 Å². The van der Waals surface area contributed by atoms with Gasteiger partial charge in [-0.15, -0.1) is 0 Å². The average Bonchev–Trinajstić information content (AvgIpc) is 3.04. The normalized spacial score (nSPS) is 56.6. The van der Waals surface area contributed by atoms with Gasteiger partial charge in [0.25, 0.3) is 0 Å². The fourth-order valence-electron chi connectivity index (χ4n) is 7.85. The third kappa shape index (κ3) is 1.86. The molecule has 0 radical (unpaired) electrons. The van der Waals surface area contributed by atoms with Crippen molar-refractivity contribution in [3.63, 3.8) is 0 Å². The number of methoxy groups -OCH3 is 1. The van der Waals surface area contributed by atoms with E-state index in [4.69, 9.17) is 14.2 Å². The van der Waals surface area contributed by atoms with Gasteiger partial charge in [-0.25, -0.2) is 0 Å². The Balaban J connectivity index is 1.78. The molecule has 10 atom stereocenters. The molecule has 7 nitrogen and oxygen atoms in total. The summed E-state index contributed by atoms with van der Waals surface area (Å²) in [7, 11) is 1.51. The summed E-state index contributed by atoms with van der Waals surface area (Å²) in [6, 6.07) is 0. The van der Waals surface area contributed by atoms with Gasteiger partial charge in [0.2, 0.25) is 0 Å². The van der Waals surface area contributed by atoms with E-state index in [-0.39, 0.29) is 11.3 Å². The standard InChI is InChI=1S/C21H30O7/c1-9-10-7-11(22)13-20(8-10,15(9)23)17(25)27-12-5-6-19(2,3)14-16(24)28-18(26-4)21(12,13)14/h10-16,18,22-24H,1,5-8H2,2-4H3. The highest BCUT2D eigenvalue weighted by Gasteiger charge is 2.81. The number of carbonyl (C=O) groups is 1. The Kier molecular flexibility index (Phi) is 3.78. The van der Waals surface area contributed by atoms with E-state index in [9.17, 15) is 20.1 Å². The molecule has 3 N–H and O–H groups in total. The second-order valence-corrected chi connectivity index (χ2v) is 10.2. The predicted molar refractivity (Wildman–Crippen MR) is 96.5 cm³/mol. The van der Waals surface area contributed by atoms with Crippen LogP contribution in [0, 0.1) is 34.0 Å². The second kappa shape index (κ2) is 5.58. The van der Waals surface area contributed by atoms with Crippen molar-refractivity contribution in [3.8, 4) is 0 Å². The van der Waals surface area contributed by atoms with E-state index in [0.717, 1.165) is 6.42 Å². The van der Waals surface area contributed by atoms with E-state index in [2.05, 4.69) is 20.4 Å². The Labute approximate surface area is 164 Å². The Bertz CT molecular complexity index is 734. The van der Waals surface area contributed by atoms with Gasteiger partial charge < -0.3 is 29.5 Å².